The van der Waals surface area contributed by atoms with Crippen LogP contribution in [0.3, 0.4) is 0 Å². The van der Waals surface area contributed by atoms with Crippen LogP contribution in [0.15, 0.2) is 22.9 Å². The fourth-order valence-electron chi connectivity index (χ4n) is 0.540. The minimum Gasteiger partial charge on any atom is -0.193 e. The SMILES string of the molecule is N#C/C=C(\Cl)c1ccsc1. The van der Waals surface area contributed by atoms with Gasteiger partial charge in [0, 0.05) is 11.6 Å². The van der Waals surface area contributed by atoms with Crippen LogP contribution in [0.5, 0.6) is 0 Å². The minimum atomic E-state index is 0.503. The molecule has 10 heavy (non-hydrogen) atoms. The Bertz CT molecular complexity index is 268. The molecule has 0 N–H and O–H groups in total. The Morgan fingerprint density at radius 2 is 2.60 bits per heavy atom. The third-order valence-electron chi connectivity index (χ3n) is 0.988. The summed E-state index contributed by atoms with van der Waals surface area (Å²) >= 11 is 7.25. The monoisotopic (exact) mass is 169 g/mol. The van der Waals surface area contributed by atoms with Gasteiger partial charge in [-0.15, -0.1) is 0 Å². The Morgan fingerprint density at radius 3 is 3.10 bits per heavy atom. The summed E-state index contributed by atoms with van der Waals surface area (Å²) in [6.45, 7) is 0. The summed E-state index contributed by atoms with van der Waals surface area (Å²) in [5.41, 5.74) is 0.910. The highest BCUT2D eigenvalue weighted by molar-refractivity contribution is 7.08. The number of nitrogens with zero attached hydrogens (tertiary/aromatic N) is 1. The maximum atomic E-state index is 8.23. The van der Waals surface area contributed by atoms with Crippen LogP contribution in [-0.4, -0.2) is 0 Å². The van der Waals surface area contributed by atoms with Gasteiger partial charge in [-0.05, 0) is 16.8 Å². The van der Waals surface area contributed by atoms with Gasteiger partial charge in [0.05, 0.1) is 11.1 Å². The largest absolute Gasteiger partial charge is 0.193 e. The Kier molecular flexibility index (Phi) is 2.49. The van der Waals surface area contributed by atoms with Crippen molar-refractivity contribution in [3.8, 4) is 6.07 Å². The van der Waals surface area contributed by atoms with Crippen LogP contribution in [0.1, 0.15) is 5.56 Å². The molecule has 0 fully saturated rings. The molecule has 0 aliphatic carbocycles. The molecule has 0 aliphatic heterocycles. The Labute approximate surface area is 68.2 Å². The molecule has 1 nitrogen and oxygen atoms in total. The van der Waals surface area contributed by atoms with Crippen LogP contribution >= 0.6 is 22.9 Å². The van der Waals surface area contributed by atoms with E-state index in [2.05, 4.69) is 0 Å². The van der Waals surface area contributed by atoms with Crippen LogP contribution in [0, 0.1) is 11.3 Å². The summed E-state index contributed by atoms with van der Waals surface area (Å²) in [6.07, 6.45) is 1.32. The van der Waals surface area contributed by atoms with Crippen molar-refractivity contribution in [2.45, 2.75) is 0 Å². The van der Waals surface area contributed by atoms with Gasteiger partial charge in [-0.2, -0.15) is 16.6 Å². The molecule has 50 valence electrons. The highest BCUT2D eigenvalue weighted by atomic mass is 35.5. The average molecular weight is 170 g/mol. The van der Waals surface area contributed by atoms with Crippen LogP contribution in [0.4, 0.5) is 0 Å². The first-order valence-electron chi connectivity index (χ1n) is 2.62. The molecule has 0 saturated carbocycles. The Balaban J connectivity index is 2.90. The molecule has 1 rings (SSSR count). The summed E-state index contributed by atoms with van der Waals surface area (Å²) in [5.74, 6) is 0. The molecule has 3 heteroatoms. The molecule has 0 atom stereocenters. The van der Waals surface area contributed by atoms with Crippen molar-refractivity contribution in [3.63, 3.8) is 0 Å². The van der Waals surface area contributed by atoms with Crippen LogP contribution in [-0.2, 0) is 0 Å². The normalized spacial score (nSPS) is 11.0. The quantitative estimate of drug-likeness (QED) is 0.593. The molecule has 0 radical (unpaired) electrons. The van der Waals surface area contributed by atoms with Crippen molar-refractivity contribution < 1.29 is 0 Å². The van der Waals surface area contributed by atoms with Gasteiger partial charge in [0.2, 0.25) is 0 Å². The number of thiophene rings is 1. The van der Waals surface area contributed by atoms with E-state index < -0.39 is 0 Å². The zero-order valence-electron chi connectivity index (χ0n) is 5.04. The molecule has 1 heterocycles. The second kappa shape index (κ2) is 3.40. The predicted octanol–water partition coefficient (Wildman–Crippen LogP) is 2.85. The maximum absolute atomic E-state index is 8.23. The van der Waals surface area contributed by atoms with Crippen LogP contribution < -0.4 is 0 Å². The average Bonchev–Trinajstić information content (AvgIpc) is 2.38. The molecular weight excluding hydrogens is 166 g/mol. The Morgan fingerprint density at radius 1 is 1.80 bits per heavy atom. The molecule has 0 amide bonds. The first kappa shape index (κ1) is 7.33. The smallest absolute Gasteiger partial charge is 0.0927 e. The van der Waals surface area contributed by atoms with Gasteiger partial charge in [-0.25, -0.2) is 0 Å². The lowest BCUT2D eigenvalue weighted by Gasteiger charge is -1.86. The summed E-state index contributed by atoms with van der Waals surface area (Å²) in [7, 11) is 0. The number of rotatable bonds is 1. The van der Waals surface area contributed by atoms with Crippen molar-refractivity contribution in [1.82, 2.24) is 0 Å². The number of halogens is 1. The number of nitriles is 1. The topological polar surface area (TPSA) is 23.8 Å². The lowest BCUT2D eigenvalue weighted by atomic mass is 10.3. The third-order valence-corrected chi connectivity index (χ3v) is 2.00. The molecule has 1 aromatic rings. The molecule has 0 unspecified atom stereocenters. The van der Waals surface area contributed by atoms with E-state index in [1.54, 1.807) is 11.3 Å². The number of hydrogen-bond acceptors (Lipinski definition) is 2. The van der Waals surface area contributed by atoms with E-state index in [0.717, 1.165) is 5.56 Å². The number of hydrogen-bond donors (Lipinski definition) is 0. The highest BCUT2D eigenvalue weighted by Gasteiger charge is 1.95. The second-order valence-corrected chi connectivity index (χ2v) is 2.82. The lowest BCUT2D eigenvalue weighted by molar-refractivity contribution is 1.54. The molecule has 0 saturated heterocycles. The fraction of sp³-hybridized carbons (Fsp3) is 0. The van der Waals surface area contributed by atoms with Gasteiger partial charge in [0.25, 0.3) is 0 Å². The highest BCUT2D eigenvalue weighted by Crippen LogP contribution is 2.20. The third kappa shape index (κ3) is 1.60. The van der Waals surface area contributed by atoms with Crippen molar-refractivity contribution in [2.24, 2.45) is 0 Å². The van der Waals surface area contributed by atoms with Crippen molar-refractivity contribution in [1.29, 1.82) is 5.26 Å². The van der Waals surface area contributed by atoms with Crippen LogP contribution in [0.2, 0.25) is 0 Å². The summed E-state index contributed by atoms with van der Waals surface area (Å²) < 4.78 is 0. The van der Waals surface area contributed by atoms with Gasteiger partial charge in [0.1, 0.15) is 0 Å². The van der Waals surface area contributed by atoms with E-state index in [4.69, 9.17) is 16.9 Å². The standard InChI is InChI=1S/C7H4ClNS/c8-7(1-3-9)6-2-4-10-5-6/h1-2,4-5H/b7-1-. The molecule has 0 aromatic carbocycles. The second-order valence-electron chi connectivity index (χ2n) is 1.63. The van der Waals surface area contributed by atoms with E-state index >= 15 is 0 Å². The van der Waals surface area contributed by atoms with E-state index in [1.165, 1.54) is 6.08 Å². The van der Waals surface area contributed by atoms with E-state index in [0.29, 0.717) is 5.03 Å². The van der Waals surface area contributed by atoms with Crippen molar-refractivity contribution >= 4 is 28.0 Å². The van der Waals surface area contributed by atoms with Crippen molar-refractivity contribution in [3.05, 3.63) is 28.5 Å². The zero-order chi connectivity index (χ0) is 7.40. The van der Waals surface area contributed by atoms with Gasteiger partial charge < -0.3 is 0 Å². The van der Waals surface area contributed by atoms with Crippen molar-refractivity contribution in [2.75, 3.05) is 0 Å². The van der Waals surface area contributed by atoms with E-state index in [9.17, 15) is 0 Å². The summed E-state index contributed by atoms with van der Waals surface area (Å²) in [4.78, 5) is 0. The first-order chi connectivity index (χ1) is 4.84. The molecular formula is C7H4ClNS. The van der Waals surface area contributed by atoms with Gasteiger partial charge in [-0.3, -0.25) is 0 Å². The van der Waals surface area contributed by atoms with E-state index in [-0.39, 0.29) is 0 Å². The van der Waals surface area contributed by atoms with Gasteiger partial charge >= 0.3 is 0 Å². The summed E-state index contributed by atoms with van der Waals surface area (Å²) in [5, 5.41) is 12.6. The zero-order valence-corrected chi connectivity index (χ0v) is 6.62. The molecule has 0 spiro atoms. The maximum Gasteiger partial charge on any atom is 0.0927 e. The first-order valence-corrected chi connectivity index (χ1v) is 3.94. The molecule has 0 bridgehead atoms. The van der Waals surface area contributed by atoms with Crippen LogP contribution in [0.25, 0.3) is 5.03 Å². The minimum absolute atomic E-state index is 0.503. The Hall–Kier alpha value is -0.780. The van der Waals surface area contributed by atoms with Gasteiger partial charge in [0.15, 0.2) is 0 Å². The molecule has 1 aromatic heterocycles. The lowest BCUT2D eigenvalue weighted by Crippen LogP contribution is -1.66. The predicted molar refractivity (Wildman–Crippen MR) is 43.8 cm³/mol. The van der Waals surface area contributed by atoms with Gasteiger partial charge in [-0.1, -0.05) is 11.6 Å². The van der Waals surface area contributed by atoms with E-state index in [1.807, 2.05) is 22.9 Å². The molecule has 0 aliphatic rings. The summed E-state index contributed by atoms with van der Waals surface area (Å²) in [6, 6.07) is 3.74. The number of allylic oxidation sites excluding steroid dienone is 1. The fourth-order valence-corrected chi connectivity index (χ4v) is 1.43.